The molecular weight excluding hydrogens is 348 g/mol. The van der Waals surface area contributed by atoms with Crippen LogP contribution in [-0.2, 0) is 13.2 Å². The molecule has 0 unspecified atom stereocenters. The van der Waals surface area contributed by atoms with Crippen LogP contribution in [0.25, 0.3) is 11.0 Å². The Kier molecular flexibility index (Phi) is 5.29. The van der Waals surface area contributed by atoms with Crippen molar-refractivity contribution in [2.24, 2.45) is 0 Å². The highest BCUT2D eigenvalue weighted by atomic mass is 16.5. The normalized spacial score (nSPS) is 10.9. The van der Waals surface area contributed by atoms with Crippen molar-refractivity contribution in [2.75, 3.05) is 6.61 Å². The lowest BCUT2D eigenvalue weighted by Crippen LogP contribution is -2.13. The number of rotatable bonds is 7. The van der Waals surface area contributed by atoms with Crippen molar-refractivity contribution in [3.63, 3.8) is 0 Å². The summed E-state index contributed by atoms with van der Waals surface area (Å²) in [6.45, 7) is 5.85. The van der Waals surface area contributed by atoms with Gasteiger partial charge in [-0.15, -0.1) is 0 Å². The minimum Gasteiger partial charge on any atom is -0.491 e. The van der Waals surface area contributed by atoms with Gasteiger partial charge in [-0.1, -0.05) is 42.5 Å². The first-order chi connectivity index (χ1) is 13.7. The maximum absolute atomic E-state index is 6.07. The topological polar surface area (TPSA) is 36.3 Å². The van der Waals surface area contributed by atoms with Crippen molar-refractivity contribution >= 4 is 11.0 Å². The van der Waals surface area contributed by atoms with Crippen molar-refractivity contribution in [3.8, 4) is 11.5 Å². The molecule has 1 heterocycles. The first kappa shape index (κ1) is 18.1. The molecule has 0 spiro atoms. The van der Waals surface area contributed by atoms with E-state index in [1.165, 1.54) is 5.56 Å². The van der Waals surface area contributed by atoms with Gasteiger partial charge in [0.1, 0.15) is 30.5 Å². The molecule has 0 saturated carbocycles. The highest BCUT2D eigenvalue weighted by molar-refractivity contribution is 5.75. The number of fused-ring (bicyclic) bond motifs is 1. The lowest BCUT2D eigenvalue weighted by Gasteiger charge is -2.13. The zero-order chi connectivity index (χ0) is 19.3. The van der Waals surface area contributed by atoms with Crippen LogP contribution in [0.3, 0.4) is 0 Å². The predicted octanol–water partition coefficient (Wildman–Crippen LogP) is 5.31. The van der Waals surface area contributed by atoms with Crippen LogP contribution in [0.2, 0.25) is 0 Å². The van der Waals surface area contributed by atoms with Crippen LogP contribution in [0.1, 0.15) is 17.0 Å². The van der Waals surface area contributed by atoms with E-state index >= 15 is 0 Å². The van der Waals surface area contributed by atoms with Gasteiger partial charge in [0.25, 0.3) is 0 Å². The zero-order valence-corrected chi connectivity index (χ0v) is 16.3. The van der Waals surface area contributed by atoms with Gasteiger partial charge < -0.3 is 14.0 Å². The van der Waals surface area contributed by atoms with Crippen molar-refractivity contribution in [1.82, 2.24) is 9.55 Å². The Morgan fingerprint density at radius 2 is 1.64 bits per heavy atom. The number of hydrogen-bond donors (Lipinski definition) is 0. The van der Waals surface area contributed by atoms with Crippen LogP contribution in [0.5, 0.6) is 11.5 Å². The summed E-state index contributed by atoms with van der Waals surface area (Å²) in [5, 5.41) is 0. The summed E-state index contributed by atoms with van der Waals surface area (Å²) in [5.74, 6) is 2.67. The SMILES string of the molecule is Cc1ccc(C)c(OCCn2c(COc3ccccc3)nc3ccccc32)c1. The maximum atomic E-state index is 6.07. The molecule has 4 heteroatoms. The molecule has 4 rings (SSSR count). The van der Waals surface area contributed by atoms with E-state index in [0.717, 1.165) is 33.9 Å². The zero-order valence-electron chi connectivity index (χ0n) is 16.3. The molecule has 0 saturated heterocycles. The standard InChI is InChI=1S/C24H24N2O2/c1-18-12-13-19(2)23(16-18)27-15-14-26-22-11-7-6-10-21(22)25-24(26)17-28-20-8-4-3-5-9-20/h3-13,16H,14-15,17H2,1-2H3. The molecule has 3 aromatic carbocycles. The van der Waals surface area contributed by atoms with E-state index in [1.54, 1.807) is 0 Å². The van der Waals surface area contributed by atoms with Crippen LogP contribution in [0.4, 0.5) is 0 Å². The molecule has 0 aliphatic rings. The molecule has 142 valence electrons. The first-order valence-corrected chi connectivity index (χ1v) is 9.53. The molecule has 1 aromatic heterocycles. The Bertz CT molecular complexity index is 1070. The second kappa shape index (κ2) is 8.17. The molecule has 0 atom stereocenters. The van der Waals surface area contributed by atoms with E-state index < -0.39 is 0 Å². The van der Waals surface area contributed by atoms with E-state index in [0.29, 0.717) is 19.8 Å². The van der Waals surface area contributed by atoms with E-state index in [9.17, 15) is 0 Å². The van der Waals surface area contributed by atoms with E-state index in [2.05, 4.69) is 42.7 Å². The van der Waals surface area contributed by atoms with Crippen molar-refractivity contribution in [1.29, 1.82) is 0 Å². The molecule has 0 radical (unpaired) electrons. The summed E-state index contributed by atoms with van der Waals surface area (Å²) in [5.41, 5.74) is 4.42. The molecule has 0 bridgehead atoms. The van der Waals surface area contributed by atoms with Crippen molar-refractivity contribution in [2.45, 2.75) is 27.0 Å². The fraction of sp³-hybridized carbons (Fsp3) is 0.208. The molecule has 4 aromatic rings. The third-order valence-corrected chi connectivity index (χ3v) is 4.76. The van der Waals surface area contributed by atoms with Gasteiger partial charge in [-0.25, -0.2) is 4.98 Å². The second-order valence-corrected chi connectivity index (χ2v) is 6.89. The summed E-state index contributed by atoms with van der Waals surface area (Å²) >= 11 is 0. The summed E-state index contributed by atoms with van der Waals surface area (Å²) in [6.07, 6.45) is 0. The fourth-order valence-corrected chi connectivity index (χ4v) is 3.26. The summed E-state index contributed by atoms with van der Waals surface area (Å²) in [6, 6.07) is 24.3. The number of imidazole rings is 1. The molecular formula is C24H24N2O2. The van der Waals surface area contributed by atoms with E-state index in [-0.39, 0.29) is 0 Å². The van der Waals surface area contributed by atoms with Crippen LogP contribution in [0.15, 0.2) is 72.8 Å². The first-order valence-electron chi connectivity index (χ1n) is 9.53. The molecule has 28 heavy (non-hydrogen) atoms. The molecule has 4 nitrogen and oxygen atoms in total. The third-order valence-electron chi connectivity index (χ3n) is 4.76. The average Bonchev–Trinajstić information content (AvgIpc) is 3.07. The molecule has 0 aliphatic heterocycles. The highest BCUT2D eigenvalue weighted by Gasteiger charge is 2.11. The van der Waals surface area contributed by atoms with Crippen LogP contribution in [0, 0.1) is 13.8 Å². The van der Waals surface area contributed by atoms with Gasteiger partial charge in [-0.05, 0) is 55.3 Å². The smallest absolute Gasteiger partial charge is 0.148 e. The highest BCUT2D eigenvalue weighted by Crippen LogP contribution is 2.21. The van der Waals surface area contributed by atoms with Gasteiger partial charge in [0, 0.05) is 0 Å². The Labute approximate surface area is 165 Å². The van der Waals surface area contributed by atoms with E-state index in [1.807, 2.05) is 48.5 Å². The van der Waals surface area contributed by atoms with Crippen molar-refractivity contribution < 1.29 is 9.47 Å². The Hall–Kier alpha value is -3.27. The predicted molar refractivity (Wildman–Crippen MR) is 112 cm³/mol. The van der Waals surface area contributed by atoms with E-state index in [4.69, 9.17) is 14.5 Å². The van der Waals surface area contributed by atoms with Gasteiger partial charge in [0.2, 0.25) is 0 Å². The van der Waals surface area contributed by atoms with Crippen LogP contribution in [-0.4, -0.2) is 16.2 Å². The Balaban J connectivity index is 1.52. The second-order valence-electron chi connectivity index (χ2n) is 6.89. The molecule has 0 N–H and O–H groups in total. The third kappa shape index (κ3) is 4.01. The van der Waals surface area contributed by atoms with Gasteiger partial charge in [0.15, 0.2) is 0 Å². The minimum absolute atomic E-state index is 0.419. The Morgan fingerprint density at radius 3 is 2.50 bits per heavy atom. The summed E-state index contributed by atoms with van der Waals surface area (Å²) < 4.78 is 14.2. The number of para-hydroxylation sites is 3. The summed E-state index contributed by atoms with van der Waals surface area (Å²) in [4.78, 5) is 4.77. The monoisotopic (exact) mass is 372 g/mol. The number of aromatic nitrogens is 2. The quantitative estimate of drug-likeness (QED) is 0.441. The van der Waals surface area contributed by atoms with Gasteiger partial charge in [-0.2, -0.15) is 0 Å². The molecule has 0 aliphatic carbocycles. The summed E-state index contributed by atoms with van der Waals surface area (Å²) in [7, 11) is 0. The number of nitrogens with zero attached hydrogens (tertiary/aromatic N) is 2. The molecule has 0 amide bonds. The minimum atomic E-state index is 0.419. The maximum Gasteiger partial charge on any atom is 0.148 e. The van der Waals surface area contributed by atoms with Crippen LogP contribution >= 0.6 is 0 Å². The average molecular weight is 372 g/mol. The lowest BCUT2D eigenvalue weighted by atomic mass is 10.1. The number of aryl methyl sites for hydroxylation is 2. The number of hydrogen-bond acceptors (Lipinski definition) is 3. The number of ether oxygens (including phenoxy) is 2. The van der Waals surface area contributed by atoms with Gasteiger partial charge in [-0.3, -0.25) is 0 Å². The number of benzene rings is 3. The van der Waals surface area contributed by atoms with Gasteiger partial charge >= 0.3 is 0 Å². The largest absolute Gasteiger partial charge is 0.491 e. The van der Waals surface area contributed by atoms with Crippen molar-refractivity contribution in [3.05, 3.63) is 89.7 Å². The Morgan fingerprint density at radius 1 is 0.857 bits per heavy atom. The van der Waals surface area contributed by atoms with Crippen LogP contribution < -0.4 is 9.47 Å². The van der Waals surface area contributed by atoms with Gasteiger partial charge in [0.05, 0.1) is 17.6 Å². The fourth-order valence-electron chi connectivity index (χ4n) is 3.26. The molecule has 0 fully saturated rings. The lowest BCUT2D eigenvalue weighted by molar-refractivity contribution is 0.271.